The van der Waals surface area contributed by atoms with Gasteiger partial charge >= 0.3 is 0 Å². The largest absolute Gasteiger partial charge is 0.378 e. The van der Waals surface area contributed by atoms with E-state index in [-0.39, 0.29) is 0 Å². The van der Waals surface area contributed by atoms with Crippen LogP contribution in [0.15, 0.2) is 24.3 Å². The average molecular weight is 245 g/mol. The van der Waals surface area contributed by atoms with E-state index in [1.54, 1.807) is 0 Å². The maximum absolute atomic E-state index is 2.40. The van der Waals surface area contributed by atoms with E-state index in [9.17, 15) is 0 Å². The maximum atomic E-state index is 2.40. The molecule has 1 aliphatic carbocycles. The lowest BCUT2D eigenvalue weighted by molar-refractivity contribution is 0.278. The molecule has 0 N–H and O–H groups in total. The molecule has 1 nitrogen and oxygen atoms in total. The van der Waals surface area contributed by atoms with Crippen LogP contribution in [-0.2, 0) is 6.42 Å². The third-order valence-electron chi connectivity index (χ3n) is 4.43. The summed E-state index contributed by atoms with van der Waals surface area (Å²) in [5, 5.41) is 0. The molecule has 1 aliphatic rings. The van der Waals surface area contributed by atoms with Crippen LogP contribution in [0.2, 0.25) is 0 Å². The van der Waals surface area contributed by atoms with Gasteiger partial charge in [-0.2, -0.15) is 0 Å². The molecule has 0 bridgehead atoms. The third-order valence-corrected chi connectivity index (χ3v) is 4.43. The van der Waals surface area contributed by atoms with Gasteiger partial charge in [-0.1, -0.05) is 44.7 Å². The Hall–Kier alpha value is -0.980. The van der Waals surface area contributed by atoms with Gasteiger partial charge in [-0.15, -0.1) is 0 Å². The third kappa shape index (κ3) is 3.76. The lowest BCUT2D eigenvalue weighted by Gasteiger charge is -2.26. The summed E-state index contributed by atoms with van der Waals surface area (Å²) in [6.45, 7) is 2.40. The maximum Gasteiger partial charge on any atom is 0.0361 e. The van der Waals surface area contributed by atoms with E-state index in [4.69, 9.17) is 0 Å². The second-order valence-corrected chi connectivity index (χ2v) is 6.23. The Morgan fingerprint density at radius 3 is 2.17 bits per heavy atom. The first-order valence-corrected chi connectivity index (χ1v) is 7.41. The zero-order chi connectivity index (χ0) is 13.0. The molecule has 18 heavy (non-hydrogen) atoms. The highest BCUT2D eigenvalue weighted by atomic mass is 15.1. The van der Waals surface area contributed by atoms with Gasteiger partial charge in [0.1, 0.15) is 0 Å². The van der Waals surface area contributed by atoms with Crippen LogP contribution in [0, 0.1) is 11.8 Å². The van der Waals surface area contributed by atoms with Crippen LogP contribution in [0.25, 0.3) is 0 Å². The molecule has 0 aromatic heterocycles. The molecular weight excluding hydrogens is 218 g/mol. The Labute approximate surface area is 112 Å². The average Bonchev–Trinajstić information content (AvgIpc) is 2.38. The molecule has 0 atom stereocenters. The van der Waals surface area contributed by atoms with E-state index >= 15 is 0 Å². The van der Waals surface area contributed by atoms with E-state index in [2.05, 4.69) is 50.2 Å². The molecule has 1 aromatic rings. The number of nitrogens with zero attached hydrogens (tertiary/aromatic N) is 1. The number of hydrogen-bond acceptors (Lipinski definition) is 1. The first-order chi connectivity index (χ1) is 8.65. The van der Waals surface area contributed by atoms with Crippen molar-refractivity contribution in [3.63, 3.8) is 0 Å². The van der Waals surface area contributed by atoms with E-state index < -0.39 is 0 Å². The summed E-state index contributed by atoms with van der Waals surface area (Å²) in [4.78, 5) is 2.16. The highest BCUT2D eigenvalue weighted by Gasteiger charge is 2.17. The molecule has 0 aliphatic heterocycles. The Bertz CT molecular complexity index is 344. The van der Waals surface area contributed by atoms with E-state index in [1.165, 1.54) is 49.8 Å². The Balaban J connectivity index is 1.79. The Morgan fingerprint density at radius 2 is 1.61 bits per heavy atom. The van der Waals surface area contributed by atoms with Crippen LogP contribution >= 0.6 is 0 Å². The molecule has 1 saturated carbocycles. The zero-order valence-electron chi connectivity index (χ0n) is 12.2. The highest BCUT2D eigenvalue weighted by Crippen LogP contribution is 2.31. The lowest BCUT2D eigenvalue weighted by atomic mass is 9.80. The highest BCUT2D eigenvalue weighted by molar-refractivity contribution is 5.45. The molecule has 2 rings (SSSR count). The fraction of sp³-hybridized carbons (Fsp3) is 0.647. The molecule has 0 amide bonds. The smallest absolute Gasteiger partial charge is 0.0361 e. The van der Waals surface area contributed by atoms with E-state index in [1.807, 2.05) is 0 Å². The molecule has 0 radical (unpaired) electrons. The molecule has 1 fully saturated rings. The molecule has 1 heteroatoms. The molecule has 0 heterocycles. The summed E-state index contributed by atoms with van der Waals surface area (Å²) in [7, 11) is 4.19. The van der Waals surface area contributed by atoms with Crippen molar-refractivity contribution in [3.8, 4) is 0 Å². The summed E-state index contributed by atoms with van der Waals surface area (Å²) in [6.07, 6.45) is 8.45. The van der Waals surface area contributed by atoms with Crippen molar-refractivity contribution >= 4 is 5.69 Å². The van der Waals surface area contributed by atoms with Crippen LogP contribution in [0.1, 0.15) is 44.6 Å². The van der Waals surface area contributed by atoms with E-state index in [0.29, 0.717) is 0 Å². The SMILES string of the molecule is CC1CCC(CCc2ccc(N(C)C)cc2)CC1. The fourth-order valence-corrected chi connectivity index (χ4v) is 2.95. The summed E-state index contributed by atoms with van der Waals surface area (Å²) >= 11 is 0. The second kappa shape index (κ2) is 6.26. The van der Waals surface area contributed by atoms with Crippen molar-refractivity contribution in [3.05, 3.63) is 29.8 Å². The number of rotatable bonds is 4. The molecule has 0 unspecified atom stereocenters. The summed E-state index contributed by atoms with van der Waals surface area (Å²) < 4.78 is 0. The zero-order valence-corrected chi connectivity index (χ0v) is 12.2. The topological polar surface area (TPSA) is 3.24 Å². The summed E-state index contributed by atoms with van der Waals surface area (Å²) in [5.74, 6) is 1.95. The van der Waals surface area contributed by atoms with Crippen molar-refractivity contribution in [1.29, 1.82) is 0 Å². The van der Waals surface area contributed by atoms with Gasteiger partial charge in [0.05, 0.1) is 0 Å². The minimum Gasteiger partial charge on any atom is -0.378 e. The second-order valence-electron chi connectivity index (χ2n) is 6.23. The van der Waals surface area contributed by atoms with Crippen molar-refractivity contribution in [2.24, 2.45) is 11.8 Å². The number of benzene rings is 1. The quantitative estimate of drug-likeness (QED) is 0.754. The van der Waals surface area contributed by atoms with Gasteiger partial charge in [0.15, 0.2) is 0 Å². The normalized spacial score (nSPS) is 23.9. The van der Waals surface area contributed by atoms with Gasteiger partial charge in [0.2, 0.25) is 0 Å². The van der Waals surface area contributed by atoms with Gasteiger partial charge in [0, 0.05) is 19.8 Å². The van der Waals surface area contributed by atoms with E-state index in [0.717, 1.165) is 11.8 Å². The fourth-order valence-electron chi connectivity index (χ4n) is 2.95. The first kappa shape index (κ1) is 13.5. The molecule has 100 valence electrons. The minimum absolute atomic E-state index is 0.973. The Morgan fingerprint density at radius 1 is 1.00 bits per heavy atom. The van der Waals surface area contributed by atoms with Gasteiger partial charge in [-0.3, -0.25) is 0 Å². The van der Waals surface area contributed by atoms with Crippen molar-refractivity contribution < 1.29 is 0 Å². The molecule has 1 aromatic carbocycles. The van der Waals surface area contributed by atoms with Crippen molar-refractivity contribution in [1.82, 2.24) is 0 Å². The lowest BCUT2D eigenvalue weighted by Crippen LogP contribution is -2.13. The molecule has 0 spiro atoms. The number of hydrogen-bond donors (Lipinski definition) is 0. The van der Waals surface area contributed by atoms with Gasteiger partial charge in [0.25, 0.3) is 0 Å². The number of aryl methyl sites for hydroxylation is 1. The van der Waals surface area contributed by atoms with Crippen LogP contribution < -0.4 is 4.90 Å². The molecule has 0 saturated heterocycles. The molecular formula is C17H27N. The van der Waals surface area contributed by atoms with Gasteiger partial charge < -0.3 is 4.90 Å². The van der Waals surface area contributed by atoms with Crippen molar-refractivity contribution in [2.75, 3.05) is 19.0 Å². The van der Waals surface area contributed by atoms with Crippen LogP contribution in [0.3, 0.4) is 0 Å². The van der Waals surface area contributed by atoms with Crippen LogP contribution in [0.5, 0.6) is 0 Å². The summed E-state index contributed by atoms with van der Waals surface area (Å²) in [6, 6.07) is 9.05. The Kier molecular flexibility index (Phi) is 4.68. The predicted molar refractivity (Wildman–Crippen MR) is 80.2 cm³/mol. The van der Waals surface area contributed by atoms with Gasteiger partial charge in [-0.05, 0) is 42.4 Å². The van der Waals surface area contributed by atoms with Crippen LogP contribution in [-0.4, -0.2) is 14.1 Å². The predicted octanol–water partition coefficient (Wildman–Crippen LogP) is 4.51. The standard InChI is InChI=1S/C17H27N/c1-14-4-6-15(7-5-14)8-9-16-10-12-17(13-11-16)18(2)3/h10-15H,4-9H2,1-3H3. The number of anilines is 1. The van der Waals surface area contributed by atoms with Crippen molar-refractivity contribution in [2.45, 2.75) is 45.4 Å². The van der Waals surface area contributed by atoms with Crippen LogP contribution in [0.4, 0.5) is 5.69 Å². The first-order valence-electron chi connectivity index (χ1n) is 7.41. The summed E-state index contributed by atoms with van der Waals surface area (Å²) in [5.41, 5.74) is 2.80. The van der Waals surface area contributed by atoms with Gasteiger partial charge in [-0.25, -0.2) is 0 Å². The minimum atomic E-state index is 0.973. The monoisotopic (exact) mass is 245 g/mol.